The maximum absolute atomic E-state index is 14.9. The predicted molar refractivity (Wildman–Crippen MR) is 141 cm³/mol. The van der Waals surface area contributed by atoms with Gasteiger partial charge in [0.25, 0.3) is 5.56 Å². The molecule has 36 heavy (non-hydrogen) atoms. The summed E-state index contributed by atoms with van der Waals surface area (Å²) in [6.45, 7) is -8.20. The molecule has 0 saturated carbocycles. The van der Waals surface area contributed by atoms with Gasteiger partial charge in [-0.2, -0.15) is 11.8 Å². The van der Waals surface area contributed by atoms with Gasteiger partial charge in [0.1, 0.15) is 22.8 Å². The maximum Gasteiger partial charge on any atom is 0.261 e. The van der Waals surface area contributed by atoms with E-state index in [0.29, 0.717) is 54.3 Å². The molecule has 1 aromatic carbocycles. The van der Waals surface area contributed by atoms with Gasteiger partial charge in [-0.15, -0.1) is 0 Å². The number of benzene rings is 1. The van der Waals surface area contributed by atoms with Crippen molar-refractivity contribution < 1.29 is 24.8 Å². The highest BCUT2D eigenvalue weighted by atomic mass is 32.2. The van der Waals surface area contributed by atoms with Crippen LogP contribution in [-0.4, -0.2) is 97.0 Å². The molecular weight excluding hydrogens is 481 g/mol. The quantitative estimate of drug-likeness (QED) is 0.515. The zero-order chi connectivity index (χ0) is 31.9. The van der Waals surface area contributed by atoms with Crippen molar-refractivity contribution in [3.63, 3.8) is 0 Å². The van der Waals surface area contributed by atoms with E-state index in [1.807, 2.05) is 10.2 Å². The van der Waals surface area contributed by atoms with Gasteiger partial charge in [0, 0.05) is 80.6 Å². The number of piperidine rings is 1. The lowest BCUT2D eigenvalue weighted by molar-refractivity contribution is 0.1000. The van der Waals surface area contributed by atoms with Gasteiger partial charge in [0.2, 0.25) is 0 Å². The van der Waals surface area contributed by atoms with Gasteiger partial charge in [-0.3, -0.25) is 9.69 Å². The van der Waals surface area contributed by atoms with Crippen molar-refractivity contribution in [3.05, 3.63) is 34.1 Å². The van der Waals surface area contributed by atoms with Crippen LogP contribution >= 0.6 is 11.8 Å². The van der Waals surface area contributed by atoms with Gasteiger partial charge in [-0.1, -0.05) is 0 Å². The number of ether oxygens (including phenoxy) is 2. The highest BCUT2D eigenvalue weighted by Crippen LogP contribution is 2.26. The van der Waals surface area contributed by atoms with Gasteiger partial charge >= 0.3 is 0 Å². The first kappa shape index (κ1) is 17.7. The first-order valence-corrected chi connectivity index (χ1v) is 13.5. The molecule has 10 heteroatoms. The number of H-pyrrole nitrogens is 1. The number of nitrogens with one attached hydrogen (secondary N) is 2. The minimum atomic E-state index is -2.80. The third kappa shape index (κ3) is 6.98. The molecule has 198 valence electrons. The summed E-state index contributed by atoms with van der Waals surface area (Å²) in [6, 6.07) is 2.77. The minimum absolute atomic E-state index is 0.107. The largest absolute Gasteiger partial charge is 0.493 e. The van der Waals surface area contributed by atoms with Gasteiger partial charge < -0.3 is 24.7 Å². The van der Waals surface area contributed by atoms with Crippen LogP contribution in [0, 0.1) is 11.7 Å². The second kappa shape index (κ2) is 12.7. The molecule has 0 amide bonds. The Hall–Kier alpha value is -1.72. The maximum atomic E-state index is 14.9. The van der Waals surface area contributed by atoms with Crippen LogP contribution in [0.2, 0.25) is 0 Å². The molecule has 0 aliphatic carbocycles. The zero-order valence-electron chi connectivity index (χ0n) is 28.1. The molecule has 2 aromatic rings. The first-order valence-electron chi connectivity index (χ1n) is 16.4. The molecule has 3 aliphatic rings. The van der Waals surface area contributed by atoms with Crippen molar-refractivity contribution in [2.45, 2.75) is 36.7 Å². The van der Waals surface area contributed by atoms with Crippen molar-refractivity contribution in [3.8, 4) is 5.75 Å². The van der Waals surface area contributed by atoms with E-state index >= 15 is 0 Å². The molecule has 4 heterocycles. The van der Waals surface area contributed by atoms with Crippen molar-refractivity contribution >= 4 is 22.7 Å². The molecule has 0 radical (unpaired) electrons. The highest BCUT2D eigenvalue weighted by molar-refractivity contribution is 7.99. The summed E-state index contributed by atoms with van der Waals surface area (Å²) < 4.78 is 90.9. The van der Waals surface area contributed by atoms with Gasteiger partial charge in [0.15, 0.2) is 0 Å². The third-order valence-electron chi connectivity index (χ3n) is 6.75. The van der Waals surface area contributed by atoms with E-state index in [9.17, 15) is 9.18 Å². The van der Waals surface area contributed by atoms with Crippen LogP contribution in [0.25, 0.3) is 10.9 Å². The van der Waals surface area contributed by atoms with E-state index in [-0.39, 0.29) is 35.7 Å². The Morgan fingerprint density at radius 1 is 1.14 bits per heavy atom. The fourth-order valence-electron chi connectivity index (χ4n) is 4.63. The Morgan fingerprint density at radius 3 is 2.67 bits per heavy atom. The highest BCUT2D eigenvalue weighted by Gasteiger charge is 2.21. The van der Waals surface area contributed by atoms with E-state index in [1.165, 1.54) is 6.07 Å². The van der Waals surface area contributed by atoms with Crippen LogP contribution in [0.4, 0.5) is 4.39 Å². The lowest BCUT2D eigenvalue weighted by Gasteiger charge is -2.34. The standard InChI is InChI=1S/C26H38FN5O3S/c27-22-15-20(35-17-19-1-7-31(8-2-19)11-12-32-9-5-28-6-10-32)16-23-25(22)26(33)30-24(29-23)18-36-21-3-13-34-14-4-21/h15-16,19,21,28H,1-14,17-18H2,(H,29,30,33)/i5D2,6D2,9D2,10D2. The summed E-state index contributed by atoms with van der Waals surface area (Å²) in [5.41, 5.74) is -0.286. The van der Waals surface area contributed by atoms with Crippen LogP contribution in [-0.2, 0) is 10.5 Å². The van der Waals surface area contributed by atoms with Crippen molar-refractivity contribution in [1.29, 1.82) is 0 Å². The van der Waals surface area contributed by atoms with E-state index in [4.69, 9.17) is 20.4 Å². The Bertz CT molecular complexity index is 1360. The normalized spacial score (nSPS) is 30.1. The molecule has 3 saturated heterocycles. The lowest BCUT2D eigenvalue weighted by Crippen LogP contribution is -2.47. The summed E-state index contributed by atoms with van der Waals surface area (Å²) >= 11 is 1.70. The third-order valence-corrected chi connectivity index (χ3v) is 8.13. The number of piperazine rings is 1. The second-order valence-electron chi connectivity index (χ2n) is 9.28. The van der Waals surface area contributed by atoms with Crippen LogP contribution in [0.15, 0.2) is 16.9 Å². The Labute approximate surface area is 227 Å². The van der Waals surface area contributed by atoms with E-state index in [2.05, 4.69) is 9.97 Å². The average Bonchev–Trinajstić information content (AvgIpc) is 2.94. The summed E-state index contributed by atoms with van der Waals surface area (Å²) in [7, 11) is 0. The van der Waals surface area contributed by atoms with Crippen molar-refractivity contribution in [2.24, 2.45) is 5.92 Å². The van der Waals surface area contributed by atoms with Crippen LogP contribution < -0.4 is 15.6 Å². The van der Waals surface area contributed by atoms with Crippen LogP contribution in [0.1, 0.15) is 42.5 Å². The number of hydrogen-bond donors (Lipinski definition) is 2. The number of halogens is 1. The predicted octanol–water partition coefficient (Wildman–Crippen LogP) is 2.47. The Morgan fingerprint density at radius 2 is 1.89 bits per heavy atom. The fourth-order valence-corrected chi connectivity index (χ4v) is 5.69. The molecule has 1 aromatic heterocycles. The summed E-state index contributed by atoms with van der Waals surface area (Å²) in [5.74, 6) is 0.711. The van der Waals surface area contributed by atoms with E-state index < -0.39 is 37.4 Å². The summed E-state index contributed by atoms with van der Waals surface area (Å²) in [4.78, 5) is 22.4. The molecular formula is C26H38FN5O3S. The van der Waals surface area contributed by atoms with Crippen molar-refractivity contribution in [1.82, 2.24) is 25.1 Å². The number of likely N-dealkylation sites (tertiary alicyclic amines) is 1. The van der Waals surface area contributed by atoms with E-state index in [1.54, 1.807) is 17.8 Å². The first-order chi connectivity index (χ1) is 20.6. The fraction of sp³-hybridized carbons (Fsp3) is 0.692. The average molecular weight is 528 g/mol. The van der Waals surface area contributed by atoms with Gasteiger partial charge in [-0.25, -0.2) is 9.37 Å². The number of hydrogen-bond acceptors (Lipinski definition) is 8. The molecule has 5 rings (SSSR count). The Balaban J connectivity index is 1.15. The number of aromatic nitrogens is 2. The zero-order valence-corrected chi connectivity index (χ0v) is 21.0. The second-order valence-corrected chi connectivity index (χ2v) is 10.6. The SMILES string of the molecule is [2H]C1([2H])NC([2H])([2H])C([2H])([2H])N(CCN2CCC(COc3cc(F)c4c(=O)[nH]c(CSC5CCOCC5)nc4c3)CC2)C1([2H])[2H]. The summed E-state index contributed by atoms with van der Waals surface area (Å²) in [6.07, 6.45) is 3.31. The number of nitrogens with zero attached hydrogens (tertiary/aromatic N) is 3. The van der Waals surface area contributed by atoms with Gasteiger partial charge in [-0.05, 0) is 44.7 Å². The van der Waals surface area contributed by atoms with Crippen molar-refractivity contribution in [2.75, 3.05) is 72.0 Å². The topological polar surface area (TPSA) is 82.7 Å². The smallest absolute Gasteiger partial charge is 0.261 e. The number of aromatic amines is 1. The molecule has 0 bridgehead atoms. The summed E-state index contributed by atoms with van der Waals surface area (Å²) in [5, 5.41) is 2.17. The molecule has 8 nitrogen and oxygen atoms in total. The molecule has 0 spiro atoms. The molecule has 3 aliphatic heterocycles. The monoisotopic (exact) mass is 527 g/mol. The number of fused-ring (bicyclic) bond motifs is 1. The lowest BCUT2D eigenvalue weighted by atomic mass is 9.98. The molecule has 0 atom stereocenters. The van der Waals surface area contributed by atoms with Crippen LogP contribution in [0.5, 0.6) is 5.75 Å². The minimum Gasteiger partial charge on any atom is -0.493 e. The van der Waals surface area contributed by atoms with Crippen LogP contribution in [0.3, 0.4) is 0 Å². The van der Waals surface area contributed by atoms with E-state index in [0.717, 1.165) is 26.1 Å². The Kier molecular flexibility index (Phi) is 6.25. The molecule has 3 fully saturated rings. The molecule has 0 unspecified atom stereocenters. The number of thioether (sulfide) groups is 1. The van der Waals surface area contributed by atoms with Gasteiger partial charge in [0.05, 0.1) is 17.9 Å². The molecule has 2 N–H and O–H groups in total. The number of rotatable bonds is 9.